The molecule has 14 heavy (non-hydrogen) atoms. The van der Waals surface area contributed by atoms with E-state index in [-0.39, 0.29) is 18.1 Å². The van der Waals surface area contributed by atoms with Crippen LogP contribution in [0.25, 0.3) is 0 Å². The molecule has 0 bridgehead atoms. The first-order valence-corrected chi connectivity index (χ1v) is 4.04. The largest absolute Gasteiger partial charge is 0.473 e. The molecule has 4 nitrogen and oxygen atoms in total. The van der Waals surface area contributed by atoms with Gasteiger partial charge in [-0.3, -0.25) is 0 Å². The first-order valence-electron chi connectivity index (χ1n) is 4.04. The van der Waals surface area contributed by atoms with Crippen molar-refractivity contribution in [2.45, 2.75) is 5.67 Å². The highest BCUT2D eigenvalue weighted by atomic mass is 19.1. The fourth-order valence-corrected chi connectivity index (χ4v) is 1.38. The number of nitrogens with zero attached hydrogens (tertiary/aromatic N) is 1. The zero-order valence-electron chi connectivity index (χ0n) is 7.49. The minimum atomic E-state index is -2.21. The van der Waals surface area contributed by atoms with Crippen LogP contribution in [0, 0.1) is 0 Å². The lowest BCUT2D eigenvalue weighted by molar-refractivity contribution is -0.156. The van der Waals surface area contributed by atoms with E-state index in [0.29, 0.717) is 0 Å². The average molecular weight is 197 g/mol. The van der Waals surface area contributed by atoms with Crippen LogP contribution >= 0.6 is 0 Å². The molecule has 0 amide bonds. The molecule has 2 heterocycles. The lowest BCUT2D eigenvalue weighted by atomic mass is 10.0. The van der Waals surface area contributed by atoms with E-state index >= 15 is 0 Å². The van der Waals surface area contributed by atoms with E-state index in [1.54, 1.807) is 6.07 Å². The van der Waals surface area contributed by atoms with E-state index in [9.17, 15) is 9.18 Å². The van der Waals surface area contributed by atoms with Crippen molar-refractivity contribution >= 4 is 5.97 Å². The Bertz CT molecular complexity index is 382. The molecule has 1 atom stereocenters. The van der Waals surface area contributed by atoms with Gasteiger partial charge in [0.25, 0.3) is 5.67 Å². The number of pyridine rings is 1. The smallest absolute Gasteiger partial charge is 0.352 e. The summed E-state index contributed by atoms with van der Waals surface area (Å²) in [5.41, 5.74) is -2.08. The van der Waals surface area contributed by atoms with Crippen molar-refractivity contribution in [2.24, 2.45) is 0 Å². The van der Waals surface area contributed by atoms with Crippen LogP contribution in [0.5, 0.6) is 5.88 Å². The van der Waals surface area contributed by atoms with Crippen molar-refractivity contribution in [1.29, 1.82) is 0 Å². The second-order valence-corrected chi connectivity index (χ2v) is 2.94. The number of hydrogen-bond donors (Lipinski definition) is 0. The normalized spacial score (nSPS) is 23.9. The molecular formula is C9H8FNO3. The molecule has 0 N–H and O–H groups in total. The van der Waals surface area contributed by atoms with Gasteiger partial charge < -0.3 is 9.47 Å². The Kier molecular flexibility index (Phi) is 1.87. The van der Waals surface area contributed by atoms with Crippen LogP contribution in [0.1, 0.15) is 5.56 Å². The standard InChI is InChI=1S/C9H8FNO3/c1-13-8(12)9(10)5-14-7-6(9)3-2-4-11-7/h2-4H,5H2,1H3. The summed E-state index contributed by atoms with van der Waals surface area (Å²) >= 11 is 0. The number of halogens is 1. The van der Waals surface area contributed by atoms with Crippen LogP contribution in [-0.4, -0.2) is 24.7 Å². The zero-order chi connectivity index (χ0) is 10.2. The molecule has 0 aromatic carbocycles. The summed E-state index contributed by atoms with van der Waals surface area (Å²) in [6.45, 7) is -0.369. The predicted molar refractivity (Wildman–Crippen MR) is 44.5 cm³/mol. The van der Waals surface area contributed by atoms with E-state index in [1.807, 2.05) is 0 Å². The molecule has 1 aromatic heterocycles. The van der Waals surface area contributed by atoms with E-state index in [2.05, 4.69) is 9.72 Å². The first-order chi connectivity index (χ1) is 6.68. The molecule has 0 saturated heterocycles. The first kappa shape index (κ1) is 8.93. The van der Waals surface area contributed by atoms with E-state index in [0.717, 1.165) is 7.11 Å². The van der Waals surface area contributed by atoms with Crippen molar-refractivity contribution in [3.8, 4) is 5.88 Å². The molecule has 5 heteroatoms. The number of hydrogen-bond acceptors (Lipinski definition) is 4. The van der Waals surface area contributed by atoms with Crippen molar-refractivity contribution in [3.63, 3.8) is 0 Å². The number of alkyl halides is 1. The predicted octanol–water partition coefficient (Wildman–Crippen LogP) is 0.812. The summed E-state index contributed by atoms with van der Waals surface area (Å²) < 4.78 is 23.4. The molecule has 0 spiro atoms. The molecule has 1 aliphatic rings. The minimum absolute atomic E-state index is 0.131. The summed E-state index contributed by atoms with van der Waals surface area (Å²) in [7, 11) is 1.14. The maximum absolute atomic E-state index is 14.1. The van der Waals surface area contributed by atoms with Gasteiger partial charge in [0.1, 0.15) is 6.61 Å². The number of ether oxygens (including phenoxy) is 2. The highest BCUT2D eigenvalue weighted by Crippen LogP contribution is 2.39. The summed E-state index contributed by atoms with van der Waals surface area (Å²) in [4.78, 5) is 15.0. The Morgan fingerprint density at radius 2 is 2.57 bits per heavy atom. The van der Waals surface area contributed by atoms with Crippen LogP contribution in [0.4, 0.5) is 4.39 Å². The van der Waals surface area contributed by atoms with Crippen molar-refractivity contribution < 1.29 is 18.7 Å². The lowest BCUT2D eigenvalue weighted by Crippen LogP contribution is -2.33. The number of carbonyl (C=O) groups excluding carboxylic acids is 1. The molecule has 1 unspecified atom stereocenters. The van der Waals surface area contributed by atoms with E-state index < -0.39 is 11.6 Å². The van der Waals surface area contributed by atoms with Gasteiger partial charge in [0.05, 0.1) is 12.7 Å². The number of fused-ring (bicyclic) bond motifs is 1. The lowest BCUT2D eigenvalue weighted by Gasteiger charge is -2.13. The molecule has 2 rings (SSSR count). The van der Waals surface area contributed by atoms with Gasteiger partial charge in [-0.15, -0.1) is 0 Å². The molecule has 0 radical (unpaired) electrons. The van der Waals surface area contributed by atoms with Gasteiger partial charge in [-0.2, -0.15) is 0 Å². The second kappa shape index (κ2) is 2.94. The second-order valence-electron chi connectivity index (χ2n) is 2.94. The molecule has 1 aromatic rings. The third kappa shape index (κ3) is 1.05. The summed E-state index contributed by atoms with van der Waals surface area (Å²) in [5.74, 6) is -0.801. The molecule has 1 aliphatic heterocycles. The fraction of sp³-hybridized carbons (Fsp3) is 0.333. The van der Waals surface area contributed by atoms with Gasteiger partial charge >= 0.3 is 5.97 Å². The van der Waals surface area contributed by atoms with Crippen LogP contribution in [0.3, 0.4) is 0 Å². The van der Waals surface area contributed by atoms with Crippen LogP contribution in [0.15, 0.2) is 18.3 Å². The number of esters is 1. The Morgan fingerprint density at radius 1 is 1.79 bits per heavy atom. The number of rotatable bonds is 1. The number of carbonyl (C=O) groups is 1. The van der Waals surface area contributed by atoms with Crippen LogP contribution < -0.4 is 4.74 Å². The number of methoxy groups -OCH3 is 1. The summed E-state index contributed by atoms with van der Waals surface area (Å²) in [6.07, 6.45) is 1.47. The van der Waals surface area contributed by atoms with Crippen molar-refractivity contribution in [1.82, 2.24) is 4.98 Å². The zero-order valence-corrected chi connectivity index (χ0v) is 7.49. The van der Waals surface area contributed by atoms with Gasteiger partial charge in [0, 0.05) is 6.20 Å². The topological polar surface area (TPSA) is 48.4 Å². The SMILES string of the molecule is COC(=O)C1(F)COc2ncccc21. The van der Waals surface area contributed by atoms with Gasteiger partial charge in [0.2, 0.25) is 5.88 Å². The average Bonchev–Trinajstić information content (AvgIpc) is 2.58. The maximum Gasteiger partial charge on any atom is 0.352 e. The Hall–Kier alpha value is -1.65. The minimum Gasteiger partial charge on any atom is -0.473 e. The Labute approximate surface area is 79.7 Å². The fourth-order valence-electron chi connectivity index (χ4n) is 1.38. The molecular weight excluding hydrogens is 189 g/mol. The summed E-state index contributed by atoms with van der Waals surface area (Å²) in [6, 6.07) is 3.01. The number of aromatic nitrogens is 1. The third-order valence-electron chi connectivity index (χ3n) is 2.11. The molecule has 74 valence electrons. The Balaban J connectivity index is 2.47. The van der Waals surface area contributed by atoms with Crippen molar-refractivity contribution in [3.05, 3.63) is 23.9 Å². The molecule has 0 fully saturated rings. The Morgan fingerprint density at radius 3 is 3.29 bits per heavy atom. The third-order valence-corrected chi connectivity index (χ3v) is 2.11. The van der Waals surface area contributed by atoms with Gasteiger partial charge in [-0.1, -0.05) is 0 Å². The van der Waals surface area contributed by atoms with E-state index in [1.165, 1.54) is 12.3 Å². The van der Waals surface area contributed by atoms with Crippen LogP contribution in [0.2, 0.25) is 0 Å². The summed E-state index contributed by atoms with van der Waals surface area (Å²) in [5, 5.41) is 0. The molecule has 0 aliphatic carbocycles. The van der Waals surface area contributed by atoms with Gasteiger partial charge in [0.15, 0.2) is 0 Å². The quantitative estimate of drug-likeness (QED) is 0.625. The van der Waals surface area contributed by atoms with Gasteiger partial charge in [-0.25, -0.2) is 14.2 Å². The molecule has 0 saturated carbocycles. The van der Waals surface area contributed by atoms with E-state index in [4.69, 9.17) is 4.74 Å². The van der Waals surface area contributed by atoms with Crippen molar-refractivity contribution in [2.75, 3.05) is 13.7 Å². The highest BCUT2D eigenvalue weighted by Gasteiger charge is 2.50. The maximum atomic E-state index is 14.1. The van der Waals surface area contributed by atoms with Crippen LogP contribution in [-0.2, 0) is 15.2 Å². The highest BCUT2D eigenvalue weighted by molar-refractivity contribution is 5.83. The van der Waals surface area contributed by atoms with Gasteiger partial charge in [-0.05, 0) is 12.1 Å². The monoisotopic (exact) mass is 197 g/mol.